The van der Waals surface area contributed by atoms with Crippen molar-refractivity contribution in [2.75, 3.05) is 0 Å². The van der Waals surface area contributed by atoms with Crippen LogP contribution >= 0.6 is 0 Å². The second kappa shape index (κ2) is 12.1. The van der Waals surface area contributed by atoms with Gasteiger partial charge in [-0.15, -0.1) is 0 Å². The van der Waals surface area contributed by atoms with Crippen LogP contribution in [-0.2, 0) is 0 Å². The van der Waals surface area contributed by atoms with Crippen LogP contribution in [0.3, 0.4) is 0 Å². The zero-order valence-corrected chi connectivity index (χ0v) is 28.9. The lowest BCUT2D eigenvalue weighted by atomic mass is 9.94. The summed E-state index contributed by atoms with van der Waals surface area (Å²) in [4.78, 5) is 15.4. The fourth-order valence-electron chi connectivity index (χ4n) is 7.79. The average Bonchev–Trinajstić information content (AvgIpc) is 3.83. The van der Waals surface area contributed by atoms with Gasteiger partial charge < -0.3 is 8.83 Å². The molecule has 0 aliphatic heterocycles. The highest BCUT2D eigenvalue weighted by molar-refractivity contribution is 6.19. The van der Waals surface area contributed by atoms with Gasteiger partial charge in [0.1, 0.15) is 22.3 Å². The number of para-hydroxylation sites is 1. The van der Waals surface area contributed by atoms with Crippen LogP contribution < -0.4 is 0 Å². The molecule has 54 heavy (non-hydrogen) atoms. The third-order valence-electron chi connectivity index (χ3n) is 10.3. The summed E-state index contributed by atoms with van der Waals surface area (Å²) in [5.41, 5.74) is 10.4. The summed E-state index contributed by atoms with van der Waals surface area (Å²) < 4.78 is 13.0. The maximum atomic E-state index is 6.53. The normalized spacial score (nSPS) is 11.7. The number of hydrogen-bond acceptors (Lipinski definition) is 5. The molecule has 11 aromatic rings. The zero-order valence-electron chi connectivity index (χ0n) is 28.9. The number of fused-ring (bicyclic) bond motifs is 8. The predicted molar refractivity (Wildman–Crippen MR) is 219 cm³/mol. The molecule has 5 heteroatoms. The number of furan rings is 2. The molecule has 0 aliphatic carbocycles. The van der Waals surface area contributed by atoms with Crippen molar-refractivity contribution >= 4 is 54.6 Å². The van der Waals surface area contributed by atoms with Crippen molar-refractivity contribution in [3.8, 4) is 56.4 Å². The number of rotatable bonds is 5. The molecule has 0 aliphatic rings. The van der Waals surface area contributed by atoms with E-state index in [0.29, 0.717) is 17.5 Å². The van der Waals surface area contributed by atoms with Crippen molar-refractivity contribution in [1.29, 1.82) is 0 Å². The fraction of sp³-hybridized carbons (Fsp3) is 0. The Labute approximate surface area is 309 Å². The van der Waals surface area contributed by atoms with Gasteiger partial charge in [0.25, 0.3) is 0 Å². The summed E-state index contributed by atoms with van der Waals surface area (Å²) in [5.74, 6) is 1.77. The van der Waals surface area contributed by atoms with Crippen LogP contribution in [0.25, 0.3) is 111 Å². The molecular weight excluding hydrogens is 663 g/mol. The first-order valence-electron chi connectivity index (χ1n) is 18.0. The van der Waals surface area contributed by atoms with Crippen molar-refractivity contribution in [1.82, 2.24) is 15.0 Å². The molecule has 0 bridgehead atoms. The van der Waals surface area contributed by atoms with Crippen LogP contribution in [0.4, 0.5) is 0 Å². The Kier molecular flexibility index (Phi) is 6.79. The molecule has 11 rings (SSSR count). The van der Waals surface area contributed by atoms with E-state index in [2.05, 4.69) is 103 Å². The smallest absolute Gasteiger partial charge is 0.164 e. The van der Waals surface area contributed by atoms with E-state index in [1.165, 1.54) is 0 Å². The molecule has 8 aromatic carbocycles. The Bertz CT molecular complexity index is 3220. The molecule has 3 heterocycles. The standard InChI is InChI=1S/C49H29N3O2/c1-3-13-30(14-4-1)40-28-35(29-43-44(40)37-21-9-10-23-41(37)53-43)33-18-11-19-34(27-33)48-50-47(32-16-5-2-6-17-32)51-49(52-48)39-22-12-24-42-45(39)38-26-25-31-15-7-8-20-36(31)46(38)54-42/h1-29H. The molecule has 0 N–H and O–H groups in total. The molecule has 0 saturated carbocycles. The Morgan fingerprint density at radius 3 is 1.80 bits per heavy atom. The summed E-state index contributed by atoms with van der Waals surface area (Å²) in [5, 5.41) is 6.43. The van der Waals surface area contributed by atoms with E-state index in [9.17, 15) is 0 Å². The van der Waals surface area contributed by atoms with Gasteiger partial charge in [-0.1, -0.05) is 140 Å². The van der Waals surface area contributed by atoms with Crippen molar-refractivity contribution < 1.29 is 8.83 Å². The number of benzene rings is 8. The lowest BCUT2D eigenvalue weighted by molar-refractivity contribution is 0.669. The third-order valence-corrected chi connectivity index (χ3v) is 10.3. The molecule has 252 valence electrons. The van der Waals surface area contributed by atoms with Gasteiger partial charge in [0.2, 0.25) is 0 Å². The highest BCUT2D eigenvalue weighted by Gasteiger charge is 2.20. The molecule has 0 amide bonds. The van der Waals surface area contributed by atoms with Gasteiger partial charge in [0, 0.05) is 43.6 Å². The van der Waals surface area contributed by atoms with Crippen molar-refractivity contribution in [2.45, 2.75) is 0 Å². The van der Waals surface area contributed by atoms with Gasteiger partial charge in [0.15, 0.2) is 17.5 Å². The summed E-state index contributed by atoms with van der Waals surface area (Å²) >= 11 is 0. The molecule has 0 atom stereocenters. The van der Waals surface area contributed by atoms with Gasteiger partial charge in [-0.3, -0.25) is 0 Å². The Hall–Kier alpha value is -7.37. The maximum absolute atomic E-state index is 6.53. The molecule has 0 radical (unpaired) electrons. The van der Waals surface area contributed by atoms with Crippen LogP contribution in [0.15, 0.2) is 185 Å². The topological polar surface area (TPSA) is 65.0 Å². The van der Waals surface area contributed by atoms with Gasteiger partial charge in [-0.05, 0) is 64.0 Å². The molecule has 0 saturated heterocycles. The van der Waals surface area contributed by atoms with E-state index in [4.69, 9.17) is 23.8 Å². The fourth-order valence-corrected chi connectivity index (χ4v) is 7.79. The highest BCUT2D eigenvalue weighted by atomic mass is 16.3. The van der Waals surface area contributed by atoms with Gasteiger partial charge >= 0.3 is 0 Å². The lowest BCUT2D eigenvalue weighted by Gasteiger charge is -2.11. The Balaban J connectivity index is 1.11. The van der Waals surface area contributed by atoms with E-state index in [1.807, 2.05) is 72.8 Å². The highest BCUT2D eigenvalue weighted by Crippen LogP contribution is 2.42. The minimum atomic E-state index is 0.584. The molecule has 5 nitrogen and oxygen atoms in total. The van der Waals surface area contributed by atoms with E-state index in [0.717, 1.165) is 93.6 Å². The minimum Gasteiger partial charge on any atom is -0.456 e. The van der Waals surface area contributed by atoms with Gasteiger partial charge in [-0.2, -0.15) is 0 Å². The Morgan fingerprint density at radius 2 is 0.944 bits per heavy atom. The van der Waals surface area contributed by atoms with Crippen LogP contribution in [0, 0.1) is 0 Å². The first-order chi connectivity index (χ1) is 26.7. The van der Waals surface area contributed by atoms with E-state index < -0.39 is 0 Å². The quantitative estimate of drug-likeness (QED) is 0.180. The van der Waals surface area contributed by atoms with Crippen LogP contribution in [-0.4, -0.2) is 15.0 Å². The summed E-state index contributed by atoms with van der Waals surface area (Å²) in [7, 11) is 0. The molecule has 0 fully saturated rings. The maximum Gasteiger partial charge on any atom is 0.164 e. The lowest BCUT2D eigenvalue weighted by Crippen LogP contribution is -2.00. The molecule has 0 unspecified atom stereocenters. The van der Waals surface area contributed by atoms with Crippen LogP contribution in [0.2, 0.25) is 0 Å². The minimum absolute atomic E-state index is 0.584. The summed E-state index contributed by atoms with van der Waals surface area (Å²) in [6.07, 6.45) is 0. The van der Waals surface area contributed by atoms with Crippen LogP contribution in [0.5, 0.6) is 0 Å². The first-order valence-corrected chi connectivity index (χ1v) is 18.0. The second-order valence-corrected chi connectivity index (χ2v) is 13.6. The molecular formula is C49H29N3O2. The number of aromatic nitrogens is 3. The van der Waals surface area contributed by atoms with Crippen LogP contribution in [0.1, 0.15) is 0 Å². The van der Waals surface area contributed by atoms with Gasteiger partial charge in [-0.25, -0.2) is 15.0 Å². The largest absolute Gasteiger partial charge is 0.456 e. The second-order valence-electron chi connectivity index (χ2n) is 13.6. The SMILES string of the molecule is c1ccc(-c2nc(-c3cccc(-c4cc(-c5ccccc5)c5c(c4)oc4ccccc45)c3)nc(-c3cccc4oc5c6ccccc6ccc5c34)n2)cc1. The van der Waals surface area contributed by atoms with Crippen molar-refractivity contribution in [2.24, 2.45) is 0 Å². The summed E-state index contributed by atoms with van der Waals surface area (Å²) in [6, 6.07) is 60.4. The van der Waals surface area contributed by atoms with E-state index in [1.54, 1.807) is 0 Å². The predicted octanol–water partition coefficient (Wildman–Crippen LogP) is 13.2. The third kappa shape index (κ3) is 4.90. The molecule has 0 spiro atoms. The first kappa shape index (κ1) is 30.3. The zero-order chi connectivity index (χ0) is 35.6. The average molecular weight is 692 g/mol. The van der Waals surface area contributed by atoms with Crippen molar-refractivity contribution in [3.05, 3.63) is 176 Å². The number of hydrogen-bond donors (Lipinski definition) is 0. The molecule has 3 aromatic heterocycles. The summed E-state index contributed by atoms with van der Waals surface area (Å²) in [6.45, 7) is 0. The monoisotopic (exact) mass is 691 g/mol. The van der Waals surface area contributed by atoms with E-state index in [-0.39, 0.29) is 0 Å². The Morgan fingerprint density at radius 1 is 0.315 bits per heavy atom. The van der Waals surface area contributed by atoms with E-state index >= 15 is 0 Å². The number of nitrogens with zero attached hydrogens (tertiary/aromatic N) is 3. The van der Waals surface area contributed by atoms with Crippen molar-refractivity contribution in [3.63, 3.8) is 0 Å². The van der Waals surface area contributed by atoms with Gasteiger partial charge in [0.05, 0.1) is 0 Å².